The lowest BCUT2D eigenvalue weighted by atomic mass is 10.0. The summed E-state index contributed by atoms with van der Waals surface area (Å²) in [6.45, 7) is 4.03. The highest BCUT2D eigenvalue weighted by atomic mass is 19.1. The van der Waals surface area contributed by atoms with E-state index in [-0.39, 0.29) is 43.5 Å². The number of aromatic nitrogens is 1. The highest BCUT2D eigenvalue weighted by Gasteiger charge is 2.38. The minimum Gasteiger partial charge on any atom is -0.486 e. The van der Waals surface area contributed by atoms with E-state index in [9.17, 15) is 14.4 Å². The Labute approximate surface area is 253 Å². The van der Waals surface area contributed by atoms with Crippen LogP contribution >= 0.6 is 0 Å². The summed E-state index contributed by atoms with van der Waals surface area (Å²) in [6.07, 6.45) is -0.516. The Hall–Kier alpha value is -5.19. The van der Waals surface area contributed by atoms with Crippen LogP contribution in [0.2, 0.25) is 0 Å². The van der Waals surface area contributed by atoms with Crippen molar-refractivity contribution in [2.24, 2.45) is 0 Å². The summed E-state index contributed by atoms with van der Waals surface area (Å²) in [5.74, 6) is -0.219. The molecule has 0 saturated carbocycles. The monoisotopic (exact) mass is 598 g/mol. The van der Waals surface area contributed by atoms with Gasteiger partial charge in [-0.05, 0) is 66.9 Å². The van der Waals surface area contributed by atoms with Crippen molar-refractivity contribution in [3.8, 4) is 22.6 Å². The number of fused-ring (bicyclic) bond motifs is 7. The zero-order valence-electron chi connectivity index (χ0n) is 24.3. The van der Waals surface area contributed by atoms with Crippen LogP contribution in [0.5, 0.6) is 11.5 Å². The van der Waals surface area contributed by atoms with E-state index in [0.29, 0.717) is 40.6 Å². The normalized spacial score (nSPS) is 18.5. The molecule has 0 spiro atoms. The number of amides is 3. The van der Waals surface area contributed by atoms with Gasteiger partial charge in [0, 0.05) is 18.7 Å². The highest BCUT2D eigenvalue weighted by molar-refractivity contribution is 5.96. The summed E-state index contributed by atoms with van der Waals surface area (Å²) in [6, 6.07) is 17.8. The van der Waals surface area contributed by atoms with Gasteiger partial charge in [0.2, 0.25) is 5.91 Å². The van der Waals surface area contributed by atoms with Crippen LogP contribution in [-0.2, 0) is 22.6 Å². The molecule has 3 aromatic carbocycles. The number of nitrogens with zero attached hydrogens (tertiary/aromatic N) is 2. The molecule has 4 aromatic rings. The van der Waals surface area contributed by atoms with E-state index < -0.39 is 23.9 Å². The molecular formula is C33H31FN4O6. The third-order valence-electron chi connectivity index (χ3n) is 7.89. The third-order valence-corrected chi connectivity index (χ3v) is 7.89. The number of hydrogen-bond acceptors (Lipinski definition) is 7. The number of carbonyl (C=O) groups excluding carboxylic acids is 3. The van der Waals surface area contributed by atoms with Crippen LogP contribution in [0.1, 0.15) is 32.9 Å². The second-order valence-corrected chi connectivity index (χ2v) is 10.9. The van der Waals surface area contributed by atoms with Crippen LogP contribution in [0.3, 0.4) is 0 Å². The van der Waals surface area contributed by atoms with Gasteiger partial charge in [-0.15, -0.1) is 0 Å². The van der Waals surface area contributed by atoms with Gasteiger partial charge in [-0.25, -0.2) is 4.39 Å². The number of likely N-dealkylation sites (tertiary alicyclic amines) is 1. The predicted octanol–water partition coefficient (Wildman–Crippen LogP) is 3.74. The summed E-state index contributed by atoms with van der Waals surface area (Å²) in [5.41, 5.74) is 3.35. The van der Waals surface area contributed by atoms with Crippen LogP contribution in [0, 0.1) is 19.7 Å². The van der Waals surface area contributed by atoms with Gasteiger partial charge in [0.25, 0.3) is 11.8 Å². The largest absolute Gasteiger partial charge is 0.486 e. The lowest BCUT2D eigenvalue weighted by molar-refractivity contribution is -0.129. The van der Waals surface area contributed by atoms with Crippen molar-refractivity contribution in [3.63, 3.8) is 0 Å². The van der Waals surface area contributed by atoms with Gasteiger partial charge in [0.1, 0.15) is 29.2 Å². The number of aryl methyl sites for hydroxylation is 2. The van der Waals surface area contributed by atoms with E-state index in [1.165, 1.54) is 12.1 Å². The molecule has 10 nitrogen and oxygen atoms in total. The highest BCUT2D eigenvalue weighted by Crippen LogP contribution is 2.27. The Balaban J connectivity index is 1.31. The summed E-state index contributed by atoms with van der Waals surface area (Å²) in [7, 11) is 0. The van der Waals surface area contributed by atoms with Crippen molar-refractivity contribution < 1.29 is 32.8 Å². The molecule has 6 bridgehead atoms. The van der Waals surface area contributed by atoms with Crippen LogP contribution in [0.25, 0.3) is 11.1 Å². The number of nitrogens with one attached hydrogen (secondary N) is 2. The van der Waals surface area contributed by atoms with Gasteiger partial charge in [-0.3, -0.25) is 14.4 Å². The van der Waals surface area contributed by atoms with Gasteiger partial charge in [0.05, 0.1) is 30.3 Å². The molecule has 0 radical (unpaired) electrons. The number of benzene rings is 3. The number of rotatable bonds is 2. The lowest BCUT2D eigenvalue weighted by Gasteiger charge is -2.21. The summed E-state index contributed by atoms with van der Waals surface area (Å²) >= 11 is 0. The Kier molecular flexibility index (Phi) is 8.01. The molecule has 1 fully saturated rings. The Morgan fingerprint density at radius 3 is 2.57 bits per heavy atom. The molecule has 1 aromatic heterocycles. The standard InChI is InChI=1S/C33H31FN4O6/c1-19-26(20(2)44-37-19)14-32(40)38-16-29-30(17-38)43-24-9-6-21(7-10-24)15-35-31(39)18-42-25-5-3-4-22(12-25)23-8-11-28(34)27(13-23)33(41)36-29/h3-13,29-30H,14-18H2,1-2H3,(H,35,39)(H,36,41)/t29-,30-/m0/s1. The van der Waals surface area contributed by atoms with Crippen LogP contribution in [0.15, 0.2) is 71.3 Å². The van der Waals surface area contributed by atoms with Gasteiger partial charge in [0.15, 0.2) is 6.61 Å². The summed E-state index contributed by atoms with van der Waals surface area (Å²) in [4.78, 5) is 40.9. The fourth-order valence-corrected chi connectivity index (χ4v) is 5.40. The molecule has 7 rings (SSSR count). The molecule has 0 aliphatic carbocycles. The minimum absolute atomic E-state index is 0.0917. The fraction of sp³-hybridized carbons (Fsp3) is 0.273. The average Bonchev–Trinajstić information content (AvgIpc) is 3.57. The first-order chi connectivity index (χ1) is 21.2. The second kappa shape index (κ2) is 12.2. The van der Waals surface area contributed by atoms with Gasteiger partial charge < -0.3 is 29.5 Å². The maximum Gasteiger partial charge on any atom is 0.258 e. The van der Waals surface area contributed by atoms with Crippen molar-refractivity contribution in [2.75, 3.05) is 19.7 Å². The maximum absolute atomic E-state index is 15.0. The molecular weight excluding hydrogens is 567 g/mol. The molecule has 11 heteroatoms. The predicted molar refractivity (Wildman–Crippen MR) is 158 cm³/mol. The van der Waals surface area contributed by atoms with E-state index in [2.05, 4.69) is 15.8 Å². The van der Waals surface area contributed by atoms with Gasteiger partial charge >= 0.3 is 0 Å². The van der Waals surface area contributed by atoms with Crippen LogP contribution in [0.4, 0.5) is 4.39 Å². The second-order valence-electron chi connectivity index (χ2n) is 10.9. The summed E-state index contributed by atoms with van der Waals surface area (Å²) < 4.78 is 32.2. The first-order valence-corrected chi connectivity index (χ1v) is 14.3. The molecule has 226 valence electrons. The van der Waals surface area contributed by atoms with E-state index in [1.54, 1.807) is 61.2 Å². The molecule has 44 heavy (non-hydrogen) atoms. The number of carbonyl (C=O) groups is 3. The van der Waals surface area contributed by atoms with Crippen LogP contribution in [-0.4, -0.2) is 59.6 Å². The summed E-state index contributed by atoms with van der Waals surface area (Å²) in [5, 5.41) is 9.69. The van der Waals surface area contributed by atoms with Crippen LogP contribution < -0.4 is 20.1 Å². The lowest BCUT2D eigenvalue weighted by Crippen LogP contribution is -2.45. The molecule has 2 atom stereocenters. The van der Waals surface area contributed by atoms with Crippen molar-refractivity contribution in [3.05, 3.63) is 101 Å². The topological polar surface area (TPSA) is 123 Å². The zero-order chi connectivity index (χ0) is 30.8. The van der Waals surface area contributed by atoms with E-state index in [0.717, 1.165) is 11.1 Å². The SMILES string of the molecule is Cc1noc(C)c1CC(=O)N1C[C@@H]2NC(=O)c3cc(ccc3F)-c3cccc(c3)OCC(=O)NCc3ccc(cc3)O[C@H]2C1. The Bertz CT molecular complexity index is 1700. The van der Waals surface area contributed by atoms with E-state index in [4.69, 9.17) is 14.0 Å². The third kappa shape index (κ3) is 6.26. The van der Waals surface area contributed by atoms with Crippen molar-refractivity contribution in [1.82, 2.24) is 20.7 Å². The molecule has 3 amide bonds. The minimum atomic E-state index is -0.685. The zero-order valence-corrected chi connectivity index (χ0v) is 24.3. The van der Waals surface area contributed by atoms with E-state index >= 15 is 4.39 Å². The molecule has 3 aliphatic heterocycles. The number of hydrogen-bond donors (Lipinski definition) is 2. The van der Waals surface area contributed by atoms with Gasteiger partial charge in [-0.1, -0.05) is 35.5 Å². The molecule has 1 saturated heterocycles. The van der Waals surface area contributed by atoms with E-state index in [1.807, 2.05) is 12.1 Å². The molecule has 2 N–H and O–H groups in total. The number of ether oxygens (including phenoxy) is 2. The Morgan fingerprint density at radius 2 is 1.80 bits per heavy atom. The first kappa shape index (κ1) is 28.9. The molecule has 4 heterocycles. The molecule has 3 aliphatic rings. The molecule has 0 unspecified atom stereocenters. The first-order valence-electron chi connectivity index (χ1n) is 14.3. The van der Waals surface area contributed by atoms with Crippen molar-refractivity contribution in [2.45, 2.75) is 39.0 Å². The Morgan fingerprint density at radius 1 is 1.00 bits per heavy atom. The van der Waals surface area contributed by atoms with Crippen molar-refractivity contribution >= 4 is 17.7 Å². The van der Waals surface area contributed by atoms with Gasteiger partial charge in [-0.2, -0.15) is 0 Å². The van der Waals surface area contributed by atoms with Crippen molar-refractivity contribution in [1.29, 1.82) is 0 Å². The smallest absolute Gasteiger partial charge is 0.258 e. The average molecular weight is 599 g/mol. The quantitative estimate of drug-likeness (QED) is 0.361. The maximum atomic E-state index is 15.0. The fourth-order valence-electron chi connectivity index (χ4n) is 5.40. The number of halogens is 1.